The average Bonchev–Trinajstić information content (AvgIpc) is 2.41. The molecule has 2 N–H and O–H groups in total. The Morgan fingerprint density at radius 3 is 2.32 bits per heavy atom. The first kappa shape index (κ1) is 12.8. The SMILES string of the molecule is Cc1ccc(NC(=O)c2cccc(C(=O)O)n2)cc1. The van der Waals surface area contributed by atoms with Crippen LogP contribution in [-0.4, -0.2) is 22.0 Å². The highest BCUT2D eigenvalue weighted by atomic mass is 16.4. The van der Waals surface area contributed by atoms with Gasteiger partial charge >= 0.3 is 5.97 Å². The van der Waals surface area contributed by atoms with E-state index >= 15 is 0 Å². The summed E-state index contributed by atoms with van der Waals surface area (Å²) < 4.78 is 0. The molecule has 0 radical (unpaired) electrons. The molecule has 0 aliphatic carbocycles. The molecule has 1 aromatic carbocycles. The molecular formula is C14H12N2O3. The van der Waals surface area contributed by atoms with Gasteiger partial charge in [-0.05, 0) is 31.2 Å². The smallest absolute Gasteiger partial charge is 0.354 e. The standard InChI is InChI=1S/C14H12N2O3/c1-9-5-7-10(8-6-9)15-13(17)11-3-2-4-12(16-11)14(18)19/h2-8H,1H3,(H,15,17)(H,18,19). The molecule has 0 aliphatic heterocycles. The molecule has 1 heterocycles. The third-order valence-electron chi connectivity index (χ3n) is 2.51. The summed E-state index contributed by atoms with van der Waals surface area (Å²) in [5.41, 5.74) is 1.64. The summed E-state index contributed by atoms with van der Waals surface area (Å²) in [6, 6.07) is 11.6. The normalized spacial score (nSPS) is 9.95. The fraction of sp³-hybridized carbons (Fsp3) is 0.0714. The fourth-order valence-corrected chi connectivity index (χ4v) is 1.51. The number of aryl methyl sites for hydroxylation is 1. The Balaban J connectivity index is 2.18. The van der Waals surface area contributed by atoms with Crippen LogP contribution in [0.4, 0.5) is 5.69 Å². The molecule has 0 saturated carbocycles. The van der Waals surface area contributed by atoms with Crippen LogP contribution in [-0.2, 0) is 0 Å². The van der Waals surface area contributed by atoms with E-state index in [1.54, 1.807) is 12.1 Å². The number of anilines is 1. The minimum atomic E-state index is -1.16. The lowest BCUT2D eigenvalue weighted by Gasteiger charge is -2.05. The zero-order chi connectivity index (χ0) is 13.8. The number of hydrogen-bond donors (Lipinski definition) is 2. The molecule has 96 valence electrons. The van der Waals surface area contributed by atoms with E-state index in [9.17, 15) is 9.59 Å². The highest BCUT2D eigenvalue weighted by Crippen LogP contribution is 2.10. The van der Waals surface area contributed by atoms with Gasteiger partial charge in [0.25, 0.3) is 5.91 Å². The summed E-state index contributed by atoms with van der Waals surface area (Å²) in [5, 5.41) is 11.5. The van der Waals surface area contributed by atoms with E-state index in [0.29, 0.717) is 5.69 Å². The van der Waals surface area contributed by atoms with E-state index in [1.807, 2.05) is 19.1 Å². The number of pyridine rings is 1. The maximum absolute atomic E-state index is 11.9. The second kappa shape index (κ2) is 5.30. The van der Waals surface area contributed by atoms with Crippen LogP contribution in [0, 0.1) is 6.92 Å². The summed E-state index contributed by atoms with van der Waals surface area (Å²) in [6.45, 7) is 1.95. The largest absolute Gasteiger partial charge is 0.477 e. The number of carboxylic acid groups (broad SMARTS) is 1. The minimum Gasteiger partial charge on any atom is -0.477 e. The number of aromatic carboxylic acids is 1. The Morgan fingerprint density at radius 1 is 1.05 bits per heavy atom. The highest BCUT2D eigenvalue weighted by Gasteiger charge is 2.11. The van der Waals surface area contributed by atoms with Crippen molar-refractivity contribution in [3.8, 4) is 0 Å². The molecule has 1 amide bonds. The number of amides is 1. The molecule has 19 heavy (non-hydrogen) atoms. The zero-order valence-electron chi connectivity index (χ0n) is 10.3. The second-order valence-corrected chi connectivity index (χ2v) is 4.03. The number of carbonyl (C=O) groups is 2. The van der Waals surface area contributed by atoms with Gasteiger partial charge in [0.15, 0.2) is 0 Å². The molecule has 5 heteroatoms. The van der Waals surface area contributed by atoms with Crippen LogP contribution in [0.25, 0.3) is 0 Å². The Morgan fingerprint density at radius 2 is 1.68 bits per heavy atom. The van der Waals surface area contributed by atoms with Gasteiger partial charge in [0, 0.05) is 5.69 Å². The van der Waals surface area contributed by atoms with Crippen molar-refractivity contribution in [1.29, 1.82) is 0 Å². The van der Waals surface area contributed by atoms with E-state index in [-0.39, 0.29) is 11.4 Å². The lowest BCUT2D eigenvalue weighted by atomic mass is 10.2. The molecule has 0 unspecified atom stereocenters. The summed E-state index contributed by atoms with van der Waals surface area (Å²) >= 11 is 0. The van der Waals surface area contributed by atoms with Gasteiger partial charge in [-0.25, -0.2) is 9.78 Å². The third kappa shape index (κ3) is 3.16. The first-order chi connectivity index (χ1) is 9.06. The van der Waals surface area contributed by atoms with E-state index < -0.39 is 11.9 Å². The van der Waals surface area contributed by atoms with Crippen LogP contribution in [0.5, 0.6) is 0 Å². The maximum atomic E-state index is 11.9. The minimum absolute atomic E-state index is 0.0699. The van der Waals surface area contributed by atoms with E-state index in [1.165, 1.54) is 18.2 Å². The average molecular weight is 256 g/mol. The van der Waals surface area contributed by atoms with Crippen molar-refractivity contribution < 1.29 is 14.7 Å². The van der Waals surface area contributed by atoms with E-state index in [2.05, 4.69) is 10.3 Å². The van der Waals surface area contributed by atoms with Crippen LogP contribution < -0.4 is 5.32 Å². The number of hydrogen-bond acceptors (Lipinski definition) is 3. The molecule has 2 rings (SSSR count). The van der Waals surface area contributed by atoms with Crippen LogP contribution in [0.15, 0.2) is 42.5 Å². The molecule has 0 fully saturated rings. The van der Waals surface area contributed by atoms with Crippen molar-refractivity contribution in [3.05, 3.63) is 59.4 Å². The predicted molar refractivity (Wildman–Crippen MR) is 70.3 cm³/mol. The number of benzene rings is 1. The van der Waals surface area contributed by atoms with Crippen molar-refractivity contribution in [2.75, 3.05) is 5.32 Å². The molecule has 5 nitrogen and oxygen atoms in total. The number of nitrogens with one attached hydrogen (secondary N) is 1. The lowest BCUT2D eigenvalue weighted by molar-refractivity contribution is 0.0690. The molecule has 0 bridgehead atoms. The Kier molecular flexibility index (Phi) is 3.56. The first-order valence-electron chi connectivity index (χ1n) is 5.64. The number of carboxylic acids is 1. The van der Waals surface area contributed by atoms with Crippen molar-refractivity contribution in [1.82, 2.24) is 4.98 Å². The maximum Gasteiger partial charge on any atom is 0.354 e. The summed E-state index contributed by atoms with van der Waals surface area (Å²) in [5.74, 6) is -1.60. The molecule has 0 atom stereocenters. The molecule has 0 saturated heterocycles. The van der Waals surface area contributed by atoms with Crippen LogP contribution in [0.1, 0.15) is 26.5 Å². The highest BCUT2D eigenvalue weighted by molar-refractivity contribution is 6.03. The van der Waals surface area contributed by atoms with Gasteiger partial charge < -0.3 is 10.4 Å². The van der Waals surface area contributed by atoms with Gasteiger partial charge in [-0.15, -0.1) is 0 Å². The third-order valence-corrected chi connectivity index (χ3v) is 2.51. The van der Waals surface area contributed by atoms with Gasteiger partial charge in [-0.2, -0.15) is 0 Å². The van der Waals surface area contributed by atoms with Crippen molar-refractivity contribution in [2.24, 2.45) is 0 Å². The Hall–Kier alpha value is -2.69. The molecule has 0 spiro atoms. The van der Waals surface area contributed by atoms with Crippen molar-refractivity contribution in [3.63, 3.8) is 0 Å². The van der Waals surface area contributed by atoms with Crippen molar-refractivity contribution >= 4 is 17.6 Å². The van der Waals surface area contributed by atoms with Gasteiger partial charge in [0.05, 0.1) is 0 Å². The Bertz CT molecular complexity index is 621. The van der Waals surface area contributed by atoms with Gasteiger partial charge in [0.1, 0.15) is 11.4 Å². The van der Waals surface area contributed by atoms with Crippen molar-refractivity contribution in [2.45, 2.75) is 6.92 Å². The lowest BCUT2D eigenvalue weighted by Crippen LogP contribution is -2.15. The first-order valence-corrected chi connectivity index (χ1v) is 5.64. The van der Waals surface area contributed by atoms with E-state index in [0.717, 1.165) is 5.56 Å². The predicted octanol–water partition coefficient (Wildman–Crippen LogP) is 2.34. The fourth-order valence-electron chi connectivity index (χ4n) is 1.51. The molecular weight excluding hydrogens is 244 g/mol. The zero-order valence-corrected chi connectivity index (χ0v) is 10.3. The summed E-state index contributed by atoms with van der Waals surface area (Å²) in [6.07, 6.45) is 0. The quantitative estimate of drug-likeness (QED) is 0.883. The number of rotatable bonds is 3. The van der Waals surface area contributed by atoms with Gasteiger partial charge in [-0.1, -0.05) is 23.8 Å². The van der Waals surface area contributed by atoms with Crippen LogP contribution >= 0.6 is 0 Å². The topological polar surface area (TPSA) is 79.3 Å². The van der Waals surface area contributed by atoms with Crippen LogP contribution in [0.2, 0.25) is 0 Å². The molecule has 1 aromatic heterocycles. The second-order valence-electron chi connectivity index (χ2n) is 4.03. The number of carbonyl (C=O) groups excluding carboxylic acids is 1. The Labute approximate surface area is 109 Å². The van der Waals surface area contributed by atoms with E-state index in [4.69, 9.17) is 5.11 Å². The van der Waals surface area contributed by atoms with Crippen LogP contribution in [0.3, 0.4) is 0 Å². The molecule has 2 aromatic rings. The summed E-state index contributed by atoms with van der Waals surface area (Å²) in [7, 11) is 0. The number of aromatic nitrogens is 1. The monoisotopic (exact) mass is 256 g/mol. The molecule has 0 aliphatic rings. The van der Waals surface area contributed by atoms with Gasteiger partial charge in [0.2, 0.25) is 0 Å². The summed E-state index contributed by atoms with van der Waals surface area (Å²) in [4.78, 5) is 26.5. The number of nitrogens with zero attached hydrogens (tertiary/aromatic N) is 1. The van der Waals surface area contributed by atoms with Gasteiger partial charge in [-0.3, -0.25) is 4.79 Å².